The van der Waals surface area contributed by atoms with Crippen LogP contribution in [0.1, 0.15) is 7.43 Å². The average Bonchev–Trinajstić information content (AvgIpc) is 3.00. The number of aromatic amines is 1. The molecule has 0 fully saturated rings. The minimum atomic E-state index is 0. The van der Waals surface area contributed by atoms with Crippen LogP contribution in [0.5, 0.6) is 0 Å². The second-order valence-electron chi connectivity index (χ2n) is 5.02. The molecule has 1 N–H and O–H groups in total. The summed E-state index contributed by atoms with van der Waals surface area (Å²) in [4.78, 5) is 8.21. The first kappa shape index (κ1) is 17.1. The van der Waals surface area contributed by atoms with Crippen LogP contribution >= 0.6 is 0 Å². The summed E-state index contributed by atoms with van der Waals surface area (Å²) < 4.78 is 0. The number of imidazole rings is 1. The smallest absolute Gasteiger partial charge is 0.138 e. The van der Waals surface area contributed by atoms with Gasteiger partial charge in [-0.2, -0.15) is 0 Å². The molecule has 0 spiro atoms. The van der Waals surface area contributed by atoms with Crippen molar-refractivity contribution in [1.29, 1.82) is 0 Å². The van der Waals surface area contributed by atoms with E-state index in [9.17, 15) is 0 Å². The van der Waals surface area contributed by atoms with Crippen LogP contribution in [0.4, 0.5) is 0 Å². The molecule has 3 heteroatoms. The van der Waals surface area contributed by atoms with E-state index in [1.807, 2.05) is 24.3 Å². The molecule has 117 valence electrons. The third-order valence-corrected chi connectivity index (χ3v) is 3.64. The van der Waals surface area contributed by atoms with Gasteiger partial charge in [-0.25, -0.2) is 4.98 Å². The van der Waals surface area contributed by atoms with Crippen LogP contribution in [-0.4, -0.2) is 9.97 Å². The van der Waals surface area contributed by atoms with Crippen molar-refractivity contribution in [2.24, 2.45) is 0 Å². The van der Waals surface area contributed by atoms with Gasteiger partial charge in [-0.3, -0.25) is 0 Å². The molecule has 0 aliphatic rings. The number of fused-ring (bicyclic) bond motifs is 1. The molecule has 0 aliphatic heterocycles. The maximum Gasteiger partial charge on any atom is 0.138 e. The fourth-order valence-electron chi connectivity index (χ4n) is 2.62. The Morgan fingerprint density at radius 1 is 0.652 bits per heavy atom. The van der Waals surface area contributed by atoms with Crippen molar-refractivity contribution in [1.82, 2.24) is 9.97 Å². The largest absolute Gasteiger partial charge is 0.338 e. The molecular weight excluding hydrogens is 460 g/mol. The van der Waals surface area contributed by atoms with E-state index in [1.165, 1.54) is 5.56 Å². The van der Waals surface area contributed by atoms with Gasteiger partial charge in [-0.15, -0.1) is 0 Å². The van der Waals surface area contributed by atoms with Crippen LogP contribution < -0.4 is 0 Å². The Kier molecular flexibility index (Phi) is 5.49. The second-order valence-corrected chi connectivity index (χ2v) is 5.02. The van der Waals surface area contributed by atoms with Crippen molar-refractivity contribution in [3.63, 3.8) is 0 Å². The Hall–Kier alpha value is -2.22. The fourth-order valence-corrected chi connectivity index (χ4v) is 2.62. The maximum absolute atomic E-state index is 4.80. The van der Waals surface area contributed by atoms with Gasteiger partial charge in [0, 0.05) is 31.2 Å². The van der Waals surface area contributed by atoms with E-state index in [2.05, 4.69) is 59.6 Å². The Morgan fingerprint density at radius 2 is 1.26 bits per heavy atom. The Bertz CT molecular complexity index is 883. The number of nitrogens with one attached hydrogen (secondary N) is 1. The van der Waals surface area contributed by atoms with Gasteiger partial charge in [-0.05, 0) is 11.6 Å². The summed E-state index contributed by atoms with van der Waals surface area (Å²) in [5.41, 5.74) is 5.53. The van der Waals surface area contributed by atoms with E-state index >= 15 is 0 Å². The Morgan fingerprint density at radius 3 is 1.91 bits per heavy atom. The fraction of sp³-hybridized carbons (Fsp3) is 0.0500. The van der Waals surface area contributed by atoms with Crippen molar-refractivity contribution in [2.45, 2.75) is 7.43 Å². The number of rotatable bonds is 2. The summed E-state index contributed by atoms with van der Waals surface area (Å²) >= 11 is 0. The molecule has 0 unspecified atom stereocenters. The quantitative estimate of drug-likeness (QED) is 0.403. The van der Waals surface area contributed by atoms with Gasteiger partial charge >= 0.3 is 0 Å². The SMILES string of the molecule is C.[Ir].c1ccc(-c2nc3c(-c4ccccc4)cccc3[nH]2)cc1. The predicted molar refractivity (Wildman–Crippen MR) is 93.7 cm³/mol. The molecular formula is C20H18IrN2. The molecule has 1 aromatic heterocycles. The van der Waals surface area contributed by atoms with Crippen molar-refractivity contribution in [3.05, 3.63) is 78.9 Å². The minimum absolute atomic E-state index is 0. The van der Waals surface area contributed by atoms with Crippen LogP contribution in [0.2, 0.25) is 0 Å². The van der Waals surface area contributed by atoms with Crippen molar-refractivity contribution in [3.8, 4) is 22.5 Å². The van der Waals surface area contributed by atoms with E-state index in [1.54, 1.807) is 0 Å². The summed E-state index contributed by atoms with van der Waals surface area (Å²) in [6, 6.07) is 26.8. The second kappa shape index (κ2) is 7.36. The van der Waals surface area contributed by atoms with Crippen LogP contribution in [0.3, 0.4) is 0 Å². The van der Waals surface area contributed by atoms with Crippen molar-refractivity contribution >= 4 is 11.0 Å². The van der Waals surface area contributed by atoms with E-state index in [0.29, 0.717) is 0 Å². The molecule has 4 aromatic rings. The molecule has 0 amide bonds. The summed E-state index contributed by atoms with van der Waals surface area (Å²) in [6.07, 6.45) is 0. The van der Waals surface area contributed by atoms with Crippen LogP contribution in [0.15, 0.2) is 78.9 Å². The van der Waals surface area contributed by atoms with Gasteiger partial charge in [0.05, 0.1) is 11.0 Å². The zero-order valence-corrected chi connectivity index (χ0v) is 14.2. The average molecular weight is 479 g/mol. The third-order valence-electron chi connectivity index (χ3n) is 3.64. The number of hydrogen-bond acceptors (Lipinski definition) is 1. The number of nitrogens with zero attached hydrogens (tertiary/aromatic N) is 1. The Balaban J connectivity index is 0.000000960. The van der Waals surface area contributed by atoms with E-state index < -0.39 is 0 Å². The first-order valence-corrected chi connectivity index (χ1v) is 7.01. The predicted octanol–water partition coefficient (Wildman–Crippen LogP) is 5.53. The number of H-pyrrole nitrogens is 1. The summed E-state index contributed by atoms with van der Waals surface area (Å²) in [7, 11) is 0. The number of hydrogen-bond donors (Lipinski definition) is 1. The van der Waals surface area contributed by atoms with Gasteiger partial charge < -0.3 is 4.98 Å². The summed E-state index contributed by atoms with van der Waals surface area (Å²) in [5, 5.41) is 0. The molecule has 0 saturated heterocycles. The Labute approximate surface area is 150 Å². The zero-order chi connectivity index (χ0) is 14.1. The third kappa shape index (κ3) is 3.26. The van der Waals surface area contributed by atoms with Crippen molar-refractivity contribution in [2.75, 3.05) is 0 Å². The van der Waals surface area contributed by atoms with E-state index in [0.717, 1.165) is 28.0 Å². The van der Waals surface area contributed by atoms with Gasteiger partial charge in [0.2, 0.25) is 0 Å². The topological polar surface area (TPSA) is 28.7 Å². The van der Waals surface area contributed by atoms with E-state index in [-0.39, 0.29) is 27.5 Å². The number of aromatic nitrogens is 2. The van der Waals surface area contributed by atoms with Gasteiger partial charge in [-0.1, -0.05) is 80.2 Å². The molecule has 3 aromatic carbocycles. The summed E-state index contributed by atoms with van der Waals surface area (Å²) in [6.45, 7) is 0. The van der Waals surface area contributed by atoms with Crippen LogP contribution in [0, 0.1) is 0 Å². The normalized spacial score (nSPS) is 9.91. The zero-order valence-electron chi connectivity index (χ0n) is 11.8. The molecule has 4 rings (SSSR count). The van der Waals surface area contributed by atoms with Gasteiger partial charge in [0.25, 0.3) is 0 Å². The standard InChI is InChI=1S/C19H14N2.CH4.Ir/c1-3-8-14(9-4-1)16-12-7-13-17-18(16)21-19(20-17)15-10-5-2-6-11-15;;/h1-13H,(H,20,21);1H4;. The molecule has 2 nitrogen and oxygen atoms in total. The van der Waals surface area contributed by atoms with E-state index in [4.69, 9.17) is 4.98 Å². The molecule has 0 aliphatic carbocycles. The number of para-hydroxylation sites is 1. The molecule has 0 atom stereocenters. The van der Waals surface area contributed by atoms with Crippen LogP contribution in [0.25, 0.3) is 33.5 Å². The molecule has 1 radical (unpaired) electrons. The maximum atomic E-state index is 4.80. The van der Waals surface area contributed by atoms with Gasteiger partial charge in [0.15, 0.2) is 0 Å². The molecule has 0 bridgehead atoms. The first-order chi connectivity index (χ1) is 10.4. The van der Waals surface area contributed by atoms with Crippen molar-refractivity contribution < 1.29 is 20.1 Å². The number of benzene rings is 3. The molecule has 1 heterocycles. The molecule has 0 saturated carbocycles. The monoisotopic (exact) mass is 479 g/mol. The first-order valence-electron chi connectivity index (χ1n) is 7.01. The van der Waals surface area contributed by atoms with Gasteiger partial charge in [0.1, 0.15) is 5.82 Å². The van der Waals surface area contributed by atoms with Crippen LogP contribution in [-0.2, 0) is 20.1 Å². The summed E-state index contributed by atoms with van der Waals surface area (Å²) in [5.74, 6) is 0.911. The minimum Gasteiger partial charge on any atom is -0.338 e. The molecule has 23 heavy (non-hydrogen) atoms.